The average Bonchev–Trinajstić information content (AvgIpc) is 2.82. The molecule has 0 saturated heterocycles. The lowest BCUT2D eigenvalue weighted by molar-refractivity contribution is 0.514. The van der Waals surface area contributed by atoms with Crippen LogP contribution in [0.4, 0.5) is 4.39 Å². The fraction of sp³-hybridized carbons (Fsp3) is 0.462. The molecule has 2 unspecified atom stereocenters. The number of nitrogens with zero attached hydrogens (tertiary/aromatic N) is 1. The molecule has 2 atom stereocenters. The Morgan fingerprint density at radius 1 is 1.38 bits per heavy atom. The van der Waals surface area contributed by atoms with Gasteiger partial charge in [0.2, 0.25) is 0 Å². The summed E-state index contributed by atoms with van der Waals surface area (Å²) < 4.78 is 13.1. The van der Waals surface area contributed by atoms with Gasteiger partial charge in [-0.1, -0.05) is 13.3 Å². The van der Waals surface area contributed by atoms with Crippen molar-refractivity contribution in [3.05, 3.63) is 29.8 Å². The minimum Gasteiger partial charge on any atom is -0.342 e. The molecule has 3 rings (SSSR count). The number of H-pyrrole nitrogens is 1. The third-order valence-electron chi connectivity index (χ3n) is 3.67. The Labute approximate surface area is 93.9 Å². The van der Waals surface area contributed by atoms with E-state index in [4.69, 9.17) is 0 Å². The highest BCUT2D eigenvalue weighted by Gasteiger charge is 2.27. The molecule has 0 spiro atoms. The monoisotopic (exact) mass is 218 g/mol. The lowest BCUT2D eigenvalue weighted by atomic mass is 9.98. The Hall–Kier alpha value is -1.38. The number of rotatable bonds is 1. The van der Waals surface area contributed by atoms with E-state index in [0.29, 0.717) is 11.8 Å². The molecule has 3 heteroatoms. The van der Waals surface area contributed by atoms with Gasteiger partial charge in [-0.25, -0.2) is 9.37 Å². The van der Waals surface area contributed by atoms with Crippen molar-refractivity contribution < 1.29 is 4.39 Å². The number of benzene rings is 1. The molecule has 2 aromatic rings. The highest BCUT2D eigenvalue weighted by Crippen LogP contribution is 2.38. The third-order valence-corrected chi connectivity index (χ3v) is 3.67. The zero-order valence-electron chi connectivity index (χ0n) is 9.33. The first-order chi connectivity index (χ1) is 7.74. The SMILES string of the molecule is CC1CCCC1c1nc2ccc(F)cc2[nH]1. The molecule has 1 aromatic carbocycles. The normalized spacial score (nSPS) is 25.4. The molecular formula is C13H15FN2. The molecule has 0 radical (unpaired) electrons. The lowest BCUT2D eigenvalue weighted by Crippen LogP contribution is -2.03. The number of nitrogens with one attached hydrogen (secondary N) is 1. The number of aromatic nitrogens is 2. The molecule has 1 saturated carbocycles. The van der Waals surface area contributed by atoms with E-state index in [-0.39, 0.29) is 5.82 Å². The number of hydrogen-bond donors (Lipinski definition) is 1. The summed E-state index contributed by atoms with van der Waals surface area (Å²) in [6.07, 6.45) is 3.75. The Kier molecular flexibility index (Phi) is 2.20. The highest BCUT2D eigenvalue weighted by atomic mass is 19.1. The molecule has 0 bridgehead atoms. The molecule has 84 valence electrons. The number of fused-ring (bicyclic) bond motifs is 1. The van der Waals surface area contributed by atoms with E-state index in [9.17, 15) is 4.39 Å². The first-order valence-electron chi connectivity index (χ1n) is 5.89. The predicted octanol–water partition coefficient (Wildman–Crippen LogP) is 3.61. The van der Waals surface area contributed by atoms with E-state index in [2.05, 4.69) is 16.9 Å². The van der Waals surface area contributed by atoms with Gasteiger partial charge in [0.15, 0.2) is 0 Å². The van der Waals surface area contributed by atoms with Crippen molar-refractivity contribution in [1.82, 2.24) is 9.97 Å². The molecule has 0 aliphatic heterocycles. The van der Waals surface area contributed by atoms with Gasteiger partial charge < -0.3 is 4.98 Å². The first kappa shape index (κ1) is 9.82. The summed E-state index contributed by atoms with van der Waals surface area (Å²) in [4.78, 5) is 7.82. The van der Waals surface area contributed by atoms with Crippen molar-refractivity contribution in [2.24, 2.45) is 5.92 Å². The maximum atomic E-state index is 13.1. The second-order valence-corrected chi connectivity index (χ2v) is 4.80. The Bertz CT molecular complexity index is 518. The Morgan fingerprint density at radius 3 is 3.00 bits per heavy atom. The molecule has 1 N–H and O–H groups in total. The van der Waals surface area contributed by atoms with E-state index < -0.39 is 0 Å². The second-order valence-electron chi connectivity index (χ2n) is 4.80. The fourth-order valence-electron chi connectivity index (χ4n) is 2.73. The molecule has 1 aliphatic rings. The van der Waals surface area contributed by atoms with Gasteiger partial charge in [0, 0.05) is 5.92 Å². The van der Waals surface area contributed by atoms with E-state index in [0.717, 1.165) is 16.9 Å². The summed E-state index contributed by atoms with van der Waals surface area (Å²) in [6.45, 7) is 2.27. The first-order valence-corrected chi connectivity index (χ1v) is 5.89. The third kappa shape index (κ3) is 1.51. The summed E-state index contributed by atoms with van der Waals surface area (Å²) in [5.41, 5.74) is 1.68. The predicted molar refractivity (Wildman–Crippen MR) is 61.8 cm³/mol. The summed E-state index contributed by atoms with van der Waals surface area (Å²) >= 11 is 0. The van der Waals surface area contributed by atoms with Crippen molar-refractivity contribution in [3.8, 4) is 0 Å². The molecule has 1 heterocycles. The van der Waals surface area contributed by atoms with Crippen LogP contribution in [0.1, 0.15) is 37.9 Å². The summed E-state index contributed by atoms with van der Waals surface area (Å²) in [5.74, 6) is 2.04. The minimum absolute atomic E-state index is 0.206. The van der Waals surface area contributed by atoms with E-state index in [1.807, 2.05) is 0 Å². The van der Waals surface area contributed by atoms with Gasteiger partial charge in [0.05, 0.1) is 11.0 Å². The second kappa shape index (κ2) is 3.58. The van der Waals surface area contributed by atoms with E-state index in [1.54, 1.807) is 6.07 Å². The topological polar surface area (TPSA) is 28.7 Å². The zero-order chi connectivity index (χ0) is 11.1. The number of hydrogen-bond acceptors (Lipinski definition) is 1. The van der Waals surface area contributed by atoms with Crippen LogP contribution >= 0.6 is 0 Å². The molecule has 1 fully saturated rings. The number of aromatic amines is 1. The molecule has 1 aromatic heterocycles. The maximum Gasteiger partial charge on any atom is 0.125 e. The van der Waals surface area contributed by atoms with Crippen LogP contribution in [0.5, 0.6) is 0 Å². The van der Waals surface area contributed by atoms with Crippen LogP contribution in [0, 0.1) is 11.7 Å². The van der Waals surface area contributed by atoms with Gasteiger partial charge in [-0.05, 0) is 37.0 Å². The van der Waals surface area contributed by atoms with Gasteiger partial charge in [-0.15, -0.1) is 0 Å². The van der Waals surface area contributed by atoms with Crippen LogP contribution < -0.4 is 0 Å². The van der Waals surface area contributed by atoms with Gasteiger partial charge >= 0.3 is 0 Å². The molecule has 0 amide bonds. The van der Waals surface area contributed by atoms with Gasteiger partial charge in [0.25, 0.3) is 0 Å². The summed E-state index contributed by atoms with van der Waals surface area (Å²) in [6, 6.07) is 4.72. The van der Waals surface area contributed by atoms with Crippen molar-refractivity contribution in [2.45, 2.75) is 32.1 Å². The largest absolute Gasteiger partial charge is 0.342 e. The summed E-state index contributed by atoms with van der Waals surface area (Å²) in [5, 5.41) is 0. The minimum atomic E-state index is -0.206. The molecule has 1 aliphatic carbocycles. The summed E-state index contributed by atoms with van der Waals surface area (Å²) in [7, 11) is 0. The fourth-order valence-corrected chi connectivity index (χ4v) is 2.73. The zero-order valence-corrected chi connectivity index (χ0v) is 9.33. The van der Waals surface area contributed by atoms with Crippen molar-refractivity contribution in [3.63, 3.8) is 0 Å². The van der Waals surface area contributed by atoms with Crippen molar-refractivity contribution >= 4 is 11.0 Å². The van der Waals surface area contributed by atoms with Gasteiger partial charge in [-0.3, -0.25) is 0 Å². The van der Waals surface area contributed by atoms with E-state index >= 15 is 0 Å². The smallest absolute Gasteiger partial charge is 0.125 e. The van der Waals surface area contributed by atoms with Crippen molar-refractivity contribution in [2.75, 3.05) is 0 Å². The maximum absolute atomic E-state index is 13.1. The Morgan fingerprint density at radius 2 is 2.25 bits per heavy atom. The van der Waals surface area contributed by atoms with Crippen LogP contribution in [0.2, 0.25) is 0 Å². The van der Waals surface area contributed by atoms with Crippen molar-refractivity contribution in [1.29, 1.82) is 0 Å². The van der Waals surface area contributed by atoms with Crippen LogP contribution in [0.25, 0.3) is 11.0 Å². The van der Waals surface area contributed by atoms with E-state index in [1.165, 1.54) is 31.4 Å². The van der Waals surface area contributed by atoms with Crippen LogP contribution in [0.3, 0.4) is 0 Å². The Balaban J connectivity index is 2.04. The quantitative estimate of drug-likeness (QED) is 0.778. The highest BCUT2D eigenvalue weighted by molar-refractivity contribution is 5.75. The molecule has 2 nitrogen and oxygen atoms in total. The van der Waals surface area contributed by atoms with Crippen LogP contribution in [-0.2, 0) is 0 Å². The van der Waals surface area contributed by atoms with Gasteiger partial charge in [-0.2, -0.15) is 0 Å². The molecule has 16 heavy (non-hydrogen) atoms. The number of halogens is 1. The molecular weight excluding hydrogens is 203 g/mol. The average molecular weight is 218 g/mol. The van der Waals surface area contributed by atoms with Gasteiger partial charge in [0.1, 0.15) is 11.6 Å². The number of imidazole rings is 1. The lowest BCUT2D eigenvalue weighted by Gasteiger charge is -2.11. The standard InChI is InChI=1S/C13H15FN2/c1-8-3-2-4-10(8)13-15-11-6-5-9(14)7-12(11)16-13/h5-8,10H,2-4H2,1H3,(H,15,16). The van der Waals surface area contributed by atoms with Crippen LogP contribution in [-0.4, -0.2) is 9.97 Å². The van der Waals surface area contributed by atoms with Crippen LogP contribution in [0.15, 0.2) is 18.2 Å².